The van der Waals surface area contributed by atoms with Crippen LogP contribution >= 0.6 is 0 Å². The second kappa shape index (κ2) is 8.25. The van der Waals surface area contributed by atoms with E-state index in [2.05, 4.69) is 15.1 Å². The van der Waals surface area contributed by atoms with Crippen LogP contribution in [0.15, 0.2) is 63.4 Å². The Bertz CT molecular complexity index is 1340. The lowest BCUT2D eigenvalue weighted by atomic mass is 9.85. The number of aliphatic imine (C=N–C) groups is 1. The number of ether oxygens (including phenoxy) is 1. The lowest BCUT2D eigenvalue weighted by Crippen LogP contribution is -2.45. The largest absolute Gasteiger partial charge is 0.380 e. The van der Waals surface area contributed by atoms with Crippen LogP contribution in [0.4, 0.5) is 10.1 Å². The Morgan fingerprint density at radius 1 is 1.18 bits per heavy atom. The van der Waals surface area contributed by atoms with E-state index in [1.807, 2.05) is 4.90 Å². The number of H-pyrrole nitrogens is 1. The number of pyridine rings is 1. The monoisotopic (exact) mass is 447 g/mol. The number of nitrogens with two attached hydrogens (primary N) is 1. The number of carbonyl (C=O) groups excluding carboxylic acids is 1. The third-order valence-electron chi connectivity index (χ3n) is 6.21. The zero-order valence-electron chi connectivity index (χ0n) is 17.8. The molecule has 0 atom stereocenters. The molecule has 1 aromatic heterocycles. The first-order chi connectivity index (χ1) is 16.0. The minimum atomic E-state index is -0.417. The van der Waals surface area contributed by atoms with Crippen LogP contribution in [0.25, 0.3) is 10.9 Å². The maximum absolute atomic E-state index is 13.6. The first kappa shape index (κ1) is 21.0. The van der Waals surface area contributed by atoms with Crippen molar-refractivity contribution in [1.29, 1.82) is 0 Å². The minimum Gasteiger partial charge on any atom is -0.380 e. The van der Waals surface area contributed by atoms with Crippen molar-refractivity contribution in [2.24, 2.45) is 21.4 Å². The highest BCUT2D eigenvalue weighted by molar-refractivity contribution is 6.38. The molecule has 0 radical (unpaired) electrons. The molecule has 8 nitrogen and oxygen atoms in total. The summed E-state index contributed by atoms with van der Waals surface area (Å²) in [7, 11) is 0. The summed E-state index contributed by atoms with van der Waals surface area (Å²) in [6.45, 7) is 2.92. The Kier molecular flexibility index (Phi) is 5.26. The van der Waals surface area contributed by atoms with Gasteiger partial charge in [0.05, 0.1) is 30.7 Å². The van der Waals surface area contributed by atoms with E-state index in [0.29, 0.717) is 22.2 Å². The van der Waals surface area contributed by atoms with Crippen molar-refractivity contribution >= 4 is 34.4 Å². The van der Waals surface area contributed by atoms with Gasteiger partial charge >= 0.3 is 0 Å². The van der Waals surface area contributed by atoms with E-state index >= 15 is 0 Å². The number of carbonyl (C=O) groups is 1. The number of nitrogens with zero attached hydrogens (tertiary/aromatic N) is 3. The van der Waals surface area contributed by atoms with E-state index in [-0.39, 0.29) is 22.6 Å². The number of nitrogens with one attached hydrogen (secondary N) is 1. The summed E-state index contributed by atoms with van der Waals surface area (Å²) < 4.78 is 18.9. The third-order valence-corrected chi connectivity index (χ3v) is 6.21. The zero-order valence-corrected chi connectivity index (χ0v) is 17.8. The Hall–Kier alpha value is -3.85. The van der Waals surface area contributed by atoms with Crippen molar-refractivity contribution in [2.45, 2.75) is 6.42 Å². The van der Waals surface area contributed by atoms with Crippen molar-refractivity contribution in [3.8, 4) is 0 Å². The number of rotatable bonds is 4. The van der Waals surface area contributed by atoms with Crippen LogP contribution in [-0.2, 0) is 4.74 Å². The van der Waals surface area contributed by atoms with Gasteiger partial charge < -0.3 is 20.5 Å². The first-order valence-electron chi connectivity index (χ1n) is 10.6. The molecule has 168 valence electrons. The molecule has 3 aromatic rings. The summed E-state index contributed by atoms with van der Waals surface area (Å²) in [5, 5.41) is 4.18. The number of fused-ring (bicyclic) bond motifs is 1. The van der Waals surface area contributed by atoms with Gasteiger partial charge in [-0.2, -0.15) is 5.10 Å². The molecule has 0 saturated carbocycles. The summed E-state index contributed by atoms with van der Waals surface area (Å²) in [4.78, 5) is 34.1. The van der Waals surface area contributed by atoms with E-state index in [1.165, 1.54) is 30.5 Å². The molecular weight excluding hydrogens is 425 g/mol. The number of halogens is 1. The van der Waals surface area contributed by atoms with Crippen LogP contribution in [0, 0.1) is 11.2 Å². The molecule has 1 amide bonds. The quantitative estimate of drug-likeness (QED) is 0.364. The number of hydrogen-bond acceptors (Lipinski definition) is 6. The van der Waals surface area contributed by atoms with E-state index < -0.39 is 11.4 Å². The average Bonchev–Trinajstić information content (AvgIpc) is 3.26. The molecule has 0 unspecified atom stereocenters. The minimum absolute atomic E-state index is 0.00607. The Balaban J connectivity index is 1.32. The molecule has 2 aromatic carbocycles. The normalized spacial score (nSPS) is 17.7. The topological polar surface area (TPSA) is 113 Å². The lowest BCUT2D eigenvalue weighted by molar-refractivity contribution is -0.103. The third kappa shape index (κ3) is 4.03. The molecule has 3 N–H and O–H groups in total. The number of amides is 1. The highest BCUT2D eigenvalue weighted by atomic mass is 19.1. The van der Waals surface area contributed by atoms with Gasteiger partial charge in [0.15, 0.2) is 0 Å². The van der Waals surface area contributed by atoms with E-state index in [4.69, 9.17) is 10.6 Å². The Labute approximate surface area is 188 Å². The fraction of sp³-hybridized carbons (Fsp3) is 0.250. The highest BCUT2D eigenvalue weighted by Crippen LogP contribution is 2.38. The number of hydrazone groups is 1. The number of aromatic amines is 1. The molecule has 5 rings (SSSR count). The predicted octanol–water partition coefficient (Wildman–Crippen LogP) is 2.59. The van der Waals surface area contributed by atoms with Crippen molar-refractivity contribution in [3.05, 3.63) is 75.8 Å². The van der Waals surface area contributed by atoms with Gasteiger partial charge in [-0.3, -0.25) is 14.6 Å². The molecule has 2 aliphatic heterocycles. The van der Waals surface area contributed by atoms with Gasteiger partial charge in [0.1, 0.15) is 11.5 Å². The predicted molar refractivity (Wildman–Crippen MR) is 124 cm³/mol. The summed E-state index contributed by atoms with van der Waals surface area (Å²) in [6, 6.07) is 12.5. The number of aromatic nitrogens is 1. The number of benzene rings is 2. The number of hydrogen-bond donors (Lipinski definition) is 2. The maximum atomic E-state index is 13.6. The maximum Gasteiger partial charge on any atom is 0.258 e. The molecule has 1 spiro atoms. The van der Waals surface area contributed by atoms with Crippen molar-refractivity contribution in [3.63, 3.8) is 0 Å². The van der Waals surface area contributed by atoms with Crippen molar-refractivity contribution in [2.75, 3.05) is 26.3 Å². The molecule has 33 heavy (non-hydrogen) atoms. The molecule has 3 heterocycles. The summed E-state index contributed by atoms with van der Waals surface area (Å²) in [6.07, 6.45) is 2.34. The standard InChI is InChI=1S/C24H22FN5O3/c25-17-3-6-20-16(9-17)10-19(22(31)28-20)21(29-26)11-27-18-4-1-15(2-5-18)23(32)30-8-7-24(12-30)13-33-14-24/h1-6,9-11H,7-8,12-14,26H2,(H,28,31). The molecular formula is C24H22FN5O3. The first-order valence-corrected chi connectivity index (χ1v) is 10.6. The van der Waals surface area contributed by atoms with E-state index in [1.54, 1.807) is 24.3 Å². The van der Waals surface area contributed by atoms with Gasteiger partial charge in [0, 0.05) is 35.0 Å². The Morgan fingerprint density at radius 3 is 2.64 bits per heavy atom. The van der Waals surface area contributed by atoms with Gasteiger partial charge in [0.2, 0.25) is 0 Å². The van der Waals surface area contributed by atoms with Crippen LogP contribution in [-0.4, -0.2) is 54.0 Å². The van der Waals surface area contributed by atoms with E-state index in [9.17, 15) is 14.0 Å². The zero-order chi connectivity index (χ0) is 23.0. The van der Waals surface area contributed by atoms with Crippen LogP contribution in [0.3, 0.4) is 0 Å². The highest BCUT2D eigenvalue weighted by Gasteiger charge is 2.45. The molecule has 2 saturated heterocycles. The van der Waals surface area contributed by atoms with Crippen LogP contribution in [0.2, 0.25) is 0 Å². The molecule has 2 fully saturated rings. The second-order valence-electron chi connectivity index (χ2n) is 8.53. The van der Waals surface area contributed by atoms with Crippen LogP contribution < -0.4 is 11.4 Å². The lowest BCUT2D eigenvalue weighted by Gasteiger charge is -2.37. The summed E-state index contributed by atoms with van der Waals surface area (Å²) in [5.41, 5.74) is 1.72. The molecule has 0 bridgehead atoms. The van der Waals surface area contributed by atoms with Gasteiger partial charge in [-0.15, -0.1) is 0 Å². The summed E-state index contributed by atoms with van der Waals surface area (Å²) >= 11 is 0. The van der Waals surface area contributed by atoms with Crippen molar-refractivity contribution < 1.29 is 13.9 Å². The SMILES string of the molecule is NN=C(C=Nc1ccc(C(=O)N2CCC3(COC3)C2)cc1)c1cc2cc(F)ccc2[nH]c1=O. The fourth-order valence-corrected chi connectivity index (χ4v) is 4.28. The smallest absolute Gasteiger partial charge is 0.258 e. The second-order valence-corrected chi connectivity index (χ2v) is 8.53. The molecule has 9 heteroatoms. The summed E-state index contributed by atoms with van der Waals surface area (Å²) in [5.74, 6) is 5.07. The average molecular weight is 447 g/mol. The van der Waals surface area contributed by atoms with Gasteiger partial charge in [-0.05, 0) is 55.0 Å². The van der Waals surface area contributed by atoms with E-state index in [0.717, 1.165) is 32.7 Å². The Morgan fingerprint density at radius 2 is 1.97 bits per heavy atom. The van der Waals surface area contributed by atoms with Gasteiger partial charge in [-0.1, -0.05) is 0 Å². The van der Waals surface area contributed by atoms with Crippen LogP contribution in [0.5, 0.6) is 0 Å². The number of likely N-dealkylation sites (tertiary alicyclic amines) is 1. The fourth-order valence-electron chi connectivity index (χ4n) is 4.28. The van der Waals surface area contributed by atoms with Crippen molar-refractivity contribution in [1.82, 2.24) is 9.88 Å². The van der Waals surface area contributed by atoms with Gasteiger partial charge in [-0.25, -0.2) is 4.39 Å². The molecule has 0 aliphatic carbocycles. The van der Waals surface area contributed by atoms with Gasteiger partial charge in [0.25, 0.3) is 11.5 Å². The molecule has 2 aliphatic rings. The van der Waals surface area contributed by atoms with Crippen LogP contribution in [0.1, 0.15) is 22.3 Å².